The van der Waals surface area contributed by atoms with Gasteiger partial charge in [0.2, 0.25) is 5.88 Å². The zero-order valence-electron chi connectivity index (χ0n) is 11.9. The van der Waals surface area contributed by atoms with Crippen LogP contribution in [-0.4, -0.2) is 9.97 Å². The normalized spacial score (nSPS) is 14.1. The lowest BCUT2D eigenvalue weighted by atomic mass is 9.97. The molecule has 0 atom stereocenters. The first-order valence-electron chi connectivity index (χ1n) is 7.31. The second-order valence-corrected chi connectivity index (χ2v) is 6.52. The van der Waals surface area contributed by atoms with E-state index in [0.717, 1.165) is 28.0 Å². The number of benzene rings is 1. The summed E-state index contributed by atoms with van der Waals surface area (Å²) in [5.41, 5.74) is 2.53. The number of hydrogen-bond donors (Lipinski definition) is 0. The molecule has 4 rings (SSSR count). The number of fused-ring (bicyclic) bond motifs is 3. The summed E-state index contributed by atoms with van der Waals surface area (Å²) in [5.74, 6) is 1.57. The Labute approximate surface area is 127 Å². The Morgan fingerprint density at radius 3 is 2.86 bits per heavy atom. The zero-order valence-corrected chi connectivity index (χ0v) is 12.7. The smallest absolute Gasteiger partial charge is 0.231 e. The van der Waals surface area contributed by atoms with Crippen LogP contribution >= 0.6 is 11.3 Å². The lowest BCUT2D eigenvalue weighted by Crippen LogP contribution is -1.99. The molecule has 0 amide bonds. The minimum Gasteiger partial charge on any atom is -0.438 e. The number of thiophene rings is 1. The average Bonchev–Trinajstić information content (AvgIpc) is 2.89. The number of aryl methyl sites for hydroxylation is 3. The van der Waals surface area contributed by atoms with Crippen molar-refractivity contribution in [1.29, 1.82) is 0 Å². The van der Waals surface area contributed by atoms with Crippen LogP contribution in [0.15, 0.2) is 30.6 Å². The molecule has 0 saturated carbocycles. The van der Waals surface area contributed by atoms with Crippen molar-refractivity contribution in [2.24, 2.45) is 0 Å². The predicted octanol–water partition coefficient (Wildman–Crippen LogP) is 4.67. The zero-order chi connectivity index (χ0) is 14.2. The van der Waals surface area contributed by atoms with E-state index in [2.05, 4.69) is 23.0 Å². The molecule has 0 radical (unpaired) electrons. The van der Waals surface area contributed by atoms with E-state index in [0.29, 0.717) is 5.88 Å². The number of nitrogens with zero attached hydrogens (tertiary/aromatic N) is 2. The Morgan fingerprint density at radius 1 is 1.10 bits per heavy atom. The highest BCUT2D eigenvalue weighted by molar-refractivity contribution is 7.18. The molecule has 0 unspecified atom stereocenters. The second-order valence-electron chi connectivity index (χ2n) is 5.44. The van der Waals surface area contributed by atoms with Crippen molar-refractivity contribution >= 4 is 21.6 Å². The highest BCUT2D eigenvalue weighted by Crippen LogP contribution is 2.40. The van der Waals surface area contributed by atoms with Gasteiger partial charge in [-0.15, -0.1) is 11.3 Å². The molecule has 0 N–H and O–H groups in total. The Kier molecular flexibility index (Phi) is 3.11. The third-order valence-electron chi connectivity index (χ3n) is 4.02. The van der Waals surface area contributed by atoms with E-state index in [-0.39, 0.29) is 0 Å². The summed E-state index contributed by atoms with van der Waals surface area (Å²) in [6.45, 7) is 2.05. The van der Waals surface area contributed by atoms with Gasteiger partial charge in [-0.1, -0.05) is 18.2 Å². The maximum Gasteiger partial charge on any atom is 0.231 e. The number of ether oxygens (including phenoxy) is 1. The fraction of sp³-hybridized carbons (Fsp3) is 0.294. The first-order chi connectivity index (χ1) is 10.3. The summed E-state index contributed by atoms with van der Waals surface area (Å²) in [7, 11) is 0. The SMILES string of the molecule is Cc1ccccc1Oc1ncnc2sc3c(c12)CCCC3. The lowest BCUT2D eigenvalue weighted by Gasteiger charge is -2.12. The van der Waals surface area contributed by atoms with Gasteiger partial charge in [0, 0.05) is 4.88 Å². The van der Waals surface area contributed by atoms with Crippen LogP contribution in [0.3, 0.4) is 0 Å². The molecule has 0 spiro atoms. The van der Waals surface area contributed by atoms with Gasteiger partial charge in [0.15, 0.2) is 0 Å². The molecule has 0 saturated heterocycles. The fourth-order valence-electron chi connectivity index (χ4n) is 2.91. The Hall–Kier alpha value is -1.94. The second kappa shape index (κ2) is 5.11. The van der Waals surface area contributed by atoms with Crippen molar-refractivity contribution < 1.29 is 4.74 Å². The molecule has 1 aliphatic rings. The van der Waals surface area contributed by atoms with Gasteiger partial charge in [0.1, 0.15) is 16.9 Å². The van der Waals surface area contributed by atoms with Crippen LogP contribution in [0.25, 0.3) is 10.2 Å². The molecule has 1 aromatic carbocycles. The van der Waals surface area contributed by atoms with Crippen molar-refractivity contribution in [2.75, 3.05) is 0 Å². The number of hydrogen-bond acceptors (Lipinski definition) is 4. The molecule has 1 aliphatic carbocycles. The summed E-state index contributed by atoms with van der Waals surface area (Å²) in [6, 6.07) is 8.05. The van der Waals surface area contributed by atoms with Crippen molar-refractivity contribution in [3.8, 4) is 11.6 Å². The molecular weight excluding hydrogens is 280 g/mol. The standard InChI is InChI=1S/C17H16N2OS/c1-11-6-2-4-8-13(11)20-16-15-12-7-3-5-9-14(12)21-17(15)19-10-18-16/h2,4,6,8,10H,3,5,7,9H2,1H3. The van der Waals surface area contributed by atoms with Gasteiger partial charge in [0.25, 0.3) is 0 Å². The molecule has 106 valence electrons. The van der Waals surface area contributed by atoms with E-state index < -0.39 is 0 Å². The van der Waals surface area contributed by atoms with Crippen LogP contribution in [-0.2, 0) is 12.8 Å². The summed E-state index contributed by atoms with van der Waals surface area (Å²) >= 11 is 1.80. The van der Waals surface area contributed by atoms with Crippen LogP contribution < -0.4 is 4.74 Å². The Morgan fingerprint density at radius 2 is 1.95 bits per heavy atom. The maximum absolute atomic E-state index is 6.10. The van der Waals surface area contributed by atoms with Gasteiger partial charge < -0.3 is 4.74 Å². The van der Waals surface area contributed by atoms with Gasteiger partial charge in [-0.2, -0.15) is 0 Å². The average molecular weight is 296 g/mol. The highest BCUT2D eigenvalue weighted by Gasteiger charge is 2.21. The molecule has 0 fully saturated rings. The molecule has 0 aliphatic heterocycles. The number of aromatic nitrogens is 2. The molecule has 2 aromatic heterocycles. The summed E-state index contributed by atoms with van der Waals surface area (Å²) in [5, 5.41) is 1.13. The van der Waals surface area contributed by atoms with Crippen molar-refractivity contribution in [3.63, 3.8) is 0 Å². The van der Waals surface area contributed by atoms with Crippen LogP contribution in [0.2, 0.25) is 0 Å². The quantitative estimate of drug-likeness (QED) is 0.689. The van der Waals surface area contributed by atoms with Crippen molar-refractivity contribution in [3.05, 3.63) is 46.6 Å². The van der Waals surface area contributed by atoms with E-state index >= 15 is 0 Å². The Bertz CT molecular complexity index is 810. The fourth-order valence-corrected chi connectivity index (χ4v) is 4.13. The van der Waals surface area contributed by atoms with Gasteiger partial charge in [0.05, 0.1) is 5.39 Å². The van der Waals surface area contributed by atoms with E-state index in [1.807, 2.05) is 18.2 Å². The third kappa shape index (κ3) is 2.20. The van der Waals surface area contributed by atoms with Crippen LogP contribution in [0, 0.1) is 6.92 Å². The third-order valence-corrected chi connectivity index (χ3v) is 5.22. The first-order valence-corrected chi connectivity index (χ1v) is 8.13. The van der Waals surface area contributed by atoms with Gasteiger partial charge in [-0.05, 0) is 49.8 Å². The summed E-state index contributed by atoms with van der Waals surface area (Å²) < 4.78 is 6.10. The topological polar surface area (TPSA) is 35.0 Å². The van der Waals surface area contributed by atoms with E-state index in [9.17, 15) is 0 Å². The molecule has 0 bridgehead atoms. The van der Waals surface area contributed by atoms with E-state index in [1.165, 1.54) is 29.7 Å². The molecule has 3 aromatic rings. The minimum atomic E-state index is 0.703. The maximum atomic E-state index is 6.10. The predicted molar refractivity (Wildman–Crippen MR) is 85.3 cm³/mol. The monoisotopic (exact) mass is 296 g/mol. The van der Waals surface area contributed by atoms with Gasteiger partial charge >= 0.3 is 0 Å². The first kappa shape index (κ1) is 12.8. The summed E-state index contributed by atoms with van der Waals surface area (Å²) in [6.07, 6.45) is 6.42. The Balaban J connectivity index is 1.85. The number of para-hydroxylation sites is 1. The number of rotatable bonds is 2. The molecule has 3 nitrogen and oxygen atoms in total. The van der Waals surface area contributed by atoms with Crippen molar-refractivity contribution in [1.82, 2.24) is 9.97 Å². The highest BCUT2D eigenvalue weighted by atomic mass is 32.1. The molecule has 21 heavy (non-hydrogen) atoms. The van der Waals surface area contributed by atoms with Crippen LogP contribution in [0.5, 0.6) is 11.6 Å². The minimum absolute atomic E-state index is 0.703. The van der Waals surface area contributed by atoms with E-state index in [4.69, 9.17) is 4.74 Å². The largest absolute Gasteiger partial charge is 0.438 e. The van der Waals surface area contributed by atoms with E-state index in [1.54, 1.807) is 17.7 Å². The van der Waals surface area contributed by atoms with Gasteiger partial charge in [-0.25, -0.2) is 9.97 Å². The lowest BCUT2D eigenvalue weighted by molar-refractivity contribution is 0.464. The van der Waals surface area contributed by atoms with Crippen LogP contribution in [0.4, 0.5) is 0 Å². The van der Waals surface area contributed by atoms with Crippen molar-refractivity contribution in [2.45, 2.75) is 32.6 Å². The van der Waals surface area contributed by atoms with Gasteiger partial charge in [-0.3, -0.25) is 0 Å². The molecule has 2 heterocycles. The molecular formula is C17H16N2OS. The molecule has 4 heteroatoms. The summed E-state index contributed by atoms with van der Waals surface area (Å²) in [4.78, 5) is 11.4. The van der Waals surface area contributed by atoms with Crippen LogP contribution in [0.1, 0.15) is 28.8 Å².